The molecule has 2 aromatic carbocycles. The van der Waals surface area contributed by atoms with Crippen LogP contribution in [-0.2, 0) is 38.2 Å². The van der Waals surface area contributed by atoms with Crippen molar-refractivity contribution >= 4 is 26.7 Å². The average molecular weight is 473 g/mol. The van der Waals surface area contributed by atoms with Crippen molar-refractivity contribution in [3.8, 4) is 0 Å². The van der Waals surface area contributed by atoms with Crippen molar-refractivity contribution in [2.45, 2.75) is 50.3 Å². The second-order valence-electron chi connectivity index (χ2n) is 9.03. The molecule has 178 valence electrons. The summed E-state index contributed by atoms with van der Waals surface area (Å²) in [6.07, 6.45) is 2.05. The Labute approximate surface area is 195 Å². The Morgan fingerprint density at radius 2 is 1.88 bits per heavy atom. The maximum atomic E-state index is 12.6. The quantitative estimate of drug-likeness (QED) is 0.487. The fraction of sp³-hybridized carbons (Fsp3) is 0.458. The second-order valence-corrected chi connectivity index (χ2v) is 10.8. The number of aromatic nitrogens is 2. The van der Waals surface area contributed by atoms with Crippen LogP contribution in [0.1, 0.15) is 38.1 Å². The van der Waals surface area contributed by atoms with Gasteiger partial charge in [-0.05, 0) is 74.6 Å². The topological polar surface area (TPSA) is 108 Å². The number of methoxy groups -OCH3 is 1. The van der Waals surface area contributed by atoms with Crippen molar-refractivity contribution in [2.24, 2.45) is 5.92 Å². The molecule has 9 heteroatoms. The van der Waals surface area contributed by atoms with E-state index in [4.69, 9.17) is 20.2 Å². The fourth-order valence-corrected chi connectivity index (χ4v) is 5.13. The third kappa shape index (κ3) is 5.22. The van der Waals surface area contributed by atoms with E-state index in [1.165, 1.54) is 12.1 Å². The predicted molar refractivity (Wildman–Crippen MR) is 128 cm³/mol. The van der Waals surface area contributed by atoms with Gasteiger partial charge in [0.25, 0.3) is 0 Å². The van der Waals surface area contributed by atoms with Crippen molar-refractivity contribution in [1.29, 1.82) is 0 Å². The number of fused-ring (bicyclic) bond motifs is 1. The molecule has 2 heterocycles. The van der Waals surface area contributed by atoms with Gasteiger partial charge in [-0.15, -0.1) is 0 Å². The lowest BCUT2D eigenvalue weighted by molar-refractivity contribution is 0.00684. The van der Waals surface area contributed by atoms with Crippen LogP contribution in [0.3, 0.4) is 0 Å². The number of nitrogen functional groups attached to an aromatic ring is 1. The van der Waals surface area contributed by atoms with Gasteiger partial charge in [-0.2, -0.15) is 0 Å². The monoisotopic (exact) mass is 472 g/mol. The van der Waals surface area contributed by atoms with Crippen LogP contribution in [-0.4, -0.2) is 38.3 Å². The Balaban J connectivity index is 1.61. The Morgan fingerprint density at radius 1 is 1.18 bits per heavy atom. The number of nitrogens with one attached hydrogen (secondary N) is 1. The van der Waals surface area contributed by atoms with E-state index in [0.717, 1.165) is 55.0 Å². The molecule has 0 atom stereocenters. The highest BCUT2D eigenvalue weighted by atomic mass is 32.2. The van der Waals surface area contributed by atoms with Gasteiger partial charge in [0.05, 0.1) is 15.9 Å². The normalized spacial score (nSPS) is 15.8. The number of anilines is 1. The molecule has 0 unspecified atom stereocenters. The summed E-state index contributed by atoms with van der Waals surface area (Å²) >= 11 is 0. The molecule has 0 saturated carbocycles. The van der Waals surface area contributed by atoms with Crippen molar-refractivity contribution in [2.75, 3.05) is 26.1 Å². The van der Waals surface area contributed by atoms with Crippen LogP contribution in [0, 0.1) is 5.92 Å². The molecule has 4 rings (SSSR count). The molecule has 1 saturated heterocycles. The standard InChI is InChI=1S/C24H32N4O4S/c1-24(2,31-3)23-27-21-14-18(15-26-33(29,30)20-7-5-19(25)6-8-20)4-9-22(21)28(23)16-17-10-12-32-13-11-17/h4-9,14,17,26H,10-13,15-16,25H2,1-3H3. The molecule has 0 radical (unpaired) electrons. The minimum Gasteiger partial charge on any atom is -0.399 e. The number of sulfonamides is 1. The summed E-state index contributed by atoms with van der Waals surface area (Å²) < 4.78 is 41.4. The van der Waals surface area contributed by atoms with E-state index in [0.29, 0.717) is 11.6 Å². The first-order chi connectivity index (χ1) is 15.7. The van der Waals surface area contributed by atoms with Gasteiger partial charge < -0.3 is 19.8 Å². The Morgan fingerprint density at radius 3 is 2.55 bits per heavy atom. The van der Waals surface area contributed by atoms with Gasteiger partial charge in [0.2, 0.25) is 10.0 Å². The Hall–Kier alpha value is -2.46. The summed E-state index contributed by atoms with van der Waals surface area (Å²) in [5.74, 6) is 1.39. The molecule has 0 spiro atoms. The number of hydrogen-bond acceptors (Lipinski definition) is 6. The average Bonchev–Trinajstić information content (AvgIpc) is 3.17. The fourth-order valence-electron chi connectivity index (χ4n) is 4.12. The van der Waals surface area contributed by atoms with E-state index in [9.17, 15) is 8.42 Å². The zero-order chi connectivity index (χ0) is 23.6. The van der Waals surface area contributed by atoms with Gasteiger partial charge in [-0.3, -0.25) is 0 Å². The Kier molecular flexibility index (Phi) is 6.76. The number of benzene rings is 2. The number of rotatable bonds is 8. The first-order valence-electron chi connectivity index (χ1n) is 11.2. The SMILES string of the molecule is COC(C)(C)c1nc2cc(CNS(=O)(=O)c3ccc(N)cc3)ccc2n1CC1CCOCC1. The van der Waals surface area contributed by atoms with Gasteiger partial charge >= 0.3 is 0 Å². The summed E-state index contributed by atoms with van der Waals surface area (Å²) in [4.78, 5) is 5.09. The molecule has 3 N–H and O–H groups in total. The maximum Gasteiger partial charge on any atom is 0.240 e. The molecular formula is C24H32N4O4S. The maximum absolute atomic E-state index is 12.6. The zero-order valence-corrected chi connectivity index (χ0v) is 20.2. The summed E-state index contributed by atoms with van der Waals surface area (Å²) in [7, 11) is -1.95. The highest BCUT2D eigenvalue weighted by molar-refractivity contribution is 7.89. The van der Waals surface area contributed by atoms with Gasteiger partial charge in [-0.25, -0.2) is 18.1 Å². The Bertz CT molecular complexity index is 1210. The summed E-state index contributed by atoms with van der Waals surface area (Å²) in [5.41, 5.74) is 8.30. The van der Waals surface area contributed by atoms with Crippen LogP contribution >= 0.6 is 0 Å². The minimum absolute atomic E-state index is 0.165. The van der Waals surface area contributed by atoms with Crippen LogP contribution in [0.2, 0.25) is 0 Å². The third-order valence-electron chi connectivity index (χ3n) is 6.30. The smallest absolute Gasteiger partial charge is 0.240 e. The molecule has 1 aliphatic rings. The molecule has 0 bridgehead atoms. The zero-order valence-electron chi connectivity index (χ0n) is 19.4. The highest BCUT2D eigenvalue weighted by Crippen LogP contribution is 2.30. The molecular weight excluding hydrogens is 440 g/mol. The van der Waals surface area contributed by atoms with Crippen molar-refractivity contribution < 1.29 is 17.9 Å². The van der Waals surface area contributed by atoms with Gasteiger partial charge in [-0.1, -0.05) is 6.07 Å². The van der Waals surface area contributed by atoms with E-state index in [1.807, 2.05) is 32.0 Å². The van der Waals surface area contributed by atoms with Crippen LogP contribution in [0.5, 0.6) is 0 Å². The first-order valence-corrected chi connectivity index (χ1v) is 12.7. The molecule has 0 amide bonds. The van der Waals surface area contributed by atoms with E-state index >= 15 is 0 Å². The number of ether oxygens (including phenoxy) is 2. The second kappa shape index (κ2) is 9.42. The first kappa shape index (κ1) is 23.7. The van der Waals surface area contributed by atoms with Crippen molar-refractivity contribution in [3.63, 3.8) is 0 Å². The summed E-state index contributed by atoms with van der Waals surface area (Å²) in [5, 5.41) is 0. The number of imidazole rings is 1. The van der Waals surface area contributed by atoms with E-state index in [1.54, 1.807) is 19.2 Å². The van der Waals surface area contributed by atoms with E-state index in [2.05, 4.69) is 9.29 Å². The lowest BCUT2D eigenvalue weighted by Crippen LogP contribution is -2.28. The molecule has 1 aliphatic heterocycles. The minimum atomic E-state index is -3.64. The van der Waals surface area contributed by atoms with E-state index in [-0.39, 0.29) is 11.4 Å². The summed E-state index contributed by atoms with van der Waals surface area (Å²) in [6.45, 7) is 6.62. The molecule has 8 nitrogen and oxygen atoms in total. The van der Waals surface area contributed by atoms with Crippen LogP contribution in [0.15, 0.2) is 47.4 Å². The van der Waals surface area contributed by atoms with Crippen LogP contribution < -0.4 is 10.5 Å². The van der Waals surface area contributed by atoms with Crippen molar-refractivity contribution in [1.82, 2.24) is 14.3 Å². The predicted octanol–water partition coefficient (Wildman–Crippen LogP) is 3.41. The molecule has 0 aliphatic carbocycles. The van der Waals surface area contributed by atoms with Crippen LogP contribution in [0.25, 0.3) is 11.0 Å². The number of nitrogens with two attached hydrogens (primary N) is 1. The van der Waals surface area contributed by atoms with Crippen molar-refractivity contribution in [3.05, 3.63) is 53.9 Å². The molecule has 1 fully saturated rings. The lowest BCUT2D eigenvalue weighted by Gasteiger charge is -2.27. The molecule has 3 aromatic rings. The largest absolute Gasteiger partial charge is 0.399 e. The van der Waals surface area contributed by atoms with E-state index < -0.39 is 15.6 Å². The van der Waals surface area contributed by atoms with Gasteiger partial charge in [0.1, 0.15) is 11.4 Å². The highest BCUT2D eigenvalue weighted by Gasteiger charge is 2.29. The van der Waals surface area contributed by atoms with Gasteiger partial charge in [0.15, 0.2) is 0 Å². The molecule has 1 aromatic heterocycles. The summed E-state index contributed by atoms with van der Waals surface area (Å²) in [6, 6.07) is 12.0. The number of hydrogen-bond donors (Lipinski definition) is 2. The lowest BCUT2D eigenvalue weighted by atomic mass is 9.99. The van der Waals surface area contributed by atoms with Gasteiger partial charge in [0, 0.05) is 39.1 Å². The van der Waals surface area contributed by atoms with Crippen LogP contribution in [0.4, 0.5) is 5.69 Å². The number of nitrogens with zero attached hydrogens (tertiary/aromatic N) is 2. The molecule has 33 heavy (non-hydrogen) atoms. The third-order valence-corrected chi connectivity index (χ3v) is 7.72.